The summed E-state index contributed by atoms with van der Waals surface area (Å²) in [6, 6.07) is 33.6. The summed E-state index contributed by atoms with van der Waals surface area (Å²) < 4.78 is 0. The molecule has 0 amide bonds. The summed E-state index contributed by atoms with van der Waals surface area (Å²) in [5.41, 5.74) is 10.7. The van der Waals surface area contributed by atoms with Crippen LogP contribution in [0.25, 0.3) is 90.9 Å². The molecule has 0 unspecified atom stereocenters. The molecule has 12 nitrogen and oxygen atoms in total. The van der Waals surface area contributed by atoms with Gasteiger partial charge in [-0.25, -0.2) is 29.1 Å². The molecule has 0 fully saturated rings. The SMILES string of the molecule is O=C(O)c1ccc(-c2c3nc(c(-c4ccc(C(=O)O)cc4)c4ccc([nH]4)c(-c4ccc(C(=O)O)cc4)c4nc(c(-c5ccc(C(=O)O)cc5)c5ccc2[nH]5)C=C4)C=C3)cc1.[Al]. The Labute approximate surface area is 356 Å². The highest BCUT2D eigenvalue weighted by Crippen LogP contribution is 2.38. The van der Waals surface area contributed by atoms with Gasteiger partial charge < -0.3 is 30.4 Å². The van der Waals surface area contributed by atoms with E-state index in [0.29, 0.717) is 89.4 Å². The highest BCUT2D eigenvalue weighted by atomic mass is 27.0. The van der Waals surface area contributed by atoms with Crippen molar-refractivity contribution in [2.75, 3.05) is 0 Å². The minimum atomic E-state index is -1.06. The Kier molecular flexibility index (Phi) is 10.4. The second kappa shape index (κ2) is 15.9. The first-order valence-electron chi connectivity index (χ1n) is 18.5. The molecule has 6 N–H and O–H groups in total. The fourth-order valence-electron chi connectivity index (χ4n) is 7.54. The van der Waals surface area contributed by atoms with Gasteiger partial charge in [0.05, 0.1) is 45.0 Å². The Bertz CT molecular complexity index is 2760. The van der Waals surface area contributed by atoms with Gasteiger partial charge >= 0.3 is 23.9 Å². The van der Waals surface area contributed by atoms with Gasteiger partial charge in [0, 0.05) is 61.7 Å². The number of hydrogen-bond acceptors (Lipinski definition) is 6. The van der Waals surface area contributed by atoms with E-state index in [-0.39, 0.29) is 39.6 Å². The zero-order chi connectivity index (χ0) is 41.7. The highest BCUT2D eigenvalue weighted by Gasteiger charge is 2.20. The van der Waals surface area contributed by atoms with Crippen molar-refractivity contribution in [1.29, 1.82) is 0 Å². The van der Waals surface area contributed by atoms with Crippen LogP contribution >= 0.6 is 0 Å². The molecule has 8 bridgehead atoms. The van der Waals surface area contributed by atoms with Crippen molar-refractivity contribution in [1.82, 2.24) is 19.9 Å². The van der Waals surface area contributed by atoms with E-state index in [2.05, 4.69) is 9.97 Å². The number of carbonyl (C=O) groups is 4. The quantitative estimate of drug-likeness (QED) is 0.0800. The van der Waals surface area contributed by atoms with Crippen molar-refractivity contribution in [2.45, 2.75) is 0 Å². The van der Waals surface area contributed by atoms with E-state index >= 15 is 0 Å². The van der Waals surface area contributed by atoms with Crippen LogP contribution in [0, 0.1) is 0 Å². The fourth-order valence-corrected chi connectivity index (χ4v) is 7.54. The lowest BCUT2D eigenvalue weighted by molar-refractivity contribution is 0.0686. The number of fused-ring (bicyclic) bond motifs is 8. The number of rotatable bonds is 8. The molecule has 7 aromatic rings. The normalized spacial score (nSPS) is 11.5. The Hall–Kier alpha value is -8.11. The van der Waals surface area contributed by atoms with E-state index in [0.717, 1.165) is 0 Å². The Morgan fingerprint density at radius 2 is 0.525 bits per heavy atom. The third-order valence-electron chi connectivity index (χ3n) is 10.4. The van der Waals surface area contributed by atoms with Gasteiger partial charge in [-0.2, -0.15) is 0 Å². The van der Waals surface area contributed by atoms with Crippen LogP contribution in [0.4, 0.5) is 0 Å². The maximum Gasteiger partial charge on any atom is 0.335 e. The van der Waals surface area contributed by atoms with Crippen LogP contribution in [-0.2, 0) is 0 Å². The monoisotopic (exact) mass is 817 g/mol. The predicted octanol–water partition coefficient (Wildman–Crippen LogP) is 9.74. The number of carboxylic acids is 4. The first kappa shape index (κ1) is 39.7. The summed E-state index contributed by atoms with van der Waals surface area (Å²) in [5.74, 6) is -4.25. The summed E-state index contributed by atoms with van der Waals surface area (Å²) in [5, 5.41) is 38.7. The molecule has 2 aliphatic rings. The minimum absolute atomic E-state index is 0. The second-order valence-electron chi connectivity index (χ2n) is 14.0. The maximum absolute atomic E-state index is 11.8. The molecule has 3 radical (unpaired) electrons. The molecule has 0 saturated heterocycles. The Morgan fingerprint density at radius 1 is 0.328 bits per heavy atom. The molecular weight excluding hydrogens is 788 g/mol. The lowest BCUT2D eigenvalue weighted by Crippen LogP contribution is -1.96. The van der Waals surface area contributed by atoms with Gasteiger partial charge in [0.2, 0.25) is 0 Å². The molecule has 9 rings (SSSR count). The zero-order valence-corrected chi connectivity index (χ0v) is 32.9. The first-order valence-corrected chi connectivity index (χ1v) is 18.5. The number of nitrogens with zero attached hydrogens (tertiary/aromatic N) is 2. The molecule has 0 aliphatic carbocycles. The molecule has 0 atom stereocenters. The minimum Gasteiger partial charge on any atom is -0.478 e. The molecule has 2 aliphatic heterocycles. The van der Waals surface area contributed by atoms with Crippen LogP contribution in [0.5, 0.6) is 0 Å². The molecule has 0 spiro atoms. The number of aromatic nitrogens is 4. The van der Waals surface area contributed by atoms with E-state index < -0.39 is 23.9 Å². The molecule has 0 saturated carbocycles. The molecule has 5 heterocycles. The van der Waals surface area contributed by atoms with Gasteiger partial charge in [-0.1, -0.05) is 48.5 Å². The largest absolute Gasteiger partial charge is 0.478 e. The topological polar surface area (TPSA) is 207 Å². The van der Waals surface area contributed by atoms with Crippen molar-refractivity contribution >= 4 is 87.6 Å². The van der Waals surface area contributed by atoms with E-state index in [1.165, 1.54) is 48.5 Å². The number of hydrogen-bond donors (Lipinski definition) is 6. The lowest BCUT2D eigenvalue weighted by Gasteiger charge is -2.08. The second-order valence-corrected chi connectivity index (χ2v) is 14.0. The number of benzene rings is 4. The van der Waals surface area contributed by atoms with Crippen molar-refractivity contribution < 1.29 is 39.6 Å². The summed E-state index contributed by atoms with van der Waals surface area (Å²) in [7, 11) is 0. The van der Waals surface area contributed by atoms with Gasteiger partial charge in [-0.15, -0.1) is 0 Å². The van der Waals surface area contributed by atoms with Gasteiger partial charge in [0.15, 0.2) is 0 Å². The fraction of sp³-hybridized carbons (Fsp3) is 0. The number of H-pyrrole nitrogens is 2. The van der Waals surface area contributed by atoms with Crippen LogP contribution in [0.2, 0.25) is 0 Å². The maximum atomic E-state index is 11.8. The van der Waals surface area contributed by atoms with Crippen molar-refractivity contribution in [3.8, 4) is 44.5 Å². The van der Waals surface area contributed by atoms with E-state index in [4.69, 9.17) is 9.97 Å². The summed E-state index contributed by atoms with van der Waals surface area (Å²) in [6.45, 7) is 0. The molecule has 4 aromatic carbocycles. The van der Waals surface area contributed by atoms with Crippen LogP contribution in [0.3, 0.4) is 0 Å². The van der Waals surface area contributed by atoms with Gasteiger partial charge in [-0.05, 0) is 119 Å². The number of carboxylic acid groups (broad SMARTS) is 4. The summed E-state index contributed by atoms with van der Waals surface area (Å²) in [6.07, 6.45) is 7.47. The molecule has 13 heteroatoms. The highest BCUT2D eigenvalue weighted by molar-refractivity contribution is 6.01. The summed E-state index contributed by atoms with van der Waals surface area (Å²) in [4.78, 5) is 64.8. The van der Waals surface area contributed by atoms with Crippen LogP contribution in [0.1, 0.15) is 64.2 Å². The Balaban J connectivity index is 0.00000514. The predicted molar refractivity (Wildman–Crippen MR) is 234 cm³/mol. The van der Waals surface area contributed by atoms with Gasteiger partial charge in [0.1, 0.15) is 0 Å². The average molecular weight is 818 g/mol. The Morgan fingerprint density at radius 3 is 0.705 bits per heavy atom. The third-order valence-corrected chi connectivity index (χ3v) is 10.4. The molecular formula is C48H30AlN4O8. The summed E-state index contributed by atoms with van der Waals surface area (Å²) >= 11 is 0. The number of nitrogens with one attached hydrogen (secondary N) is 2. The number of aromatic carboxylic acids is 4. The average Bonchev–Trinajstić information content (AvgIpc) is 4.10. The van der Waals surface area contributed by atoms with Gasteiger partial charge in [0.25, 0.3) is 0 Å². The van der Waals surface area contributed by atoms with Crippen LogP contribution in [-0.4, -0.2) is 81.6 Å². The molecule has 61 heavy (non-hydrogen) atoms. The van der Waals surface area contributed by atoms with E-state index in [9.17, 15) is 39.6 Å². The van der Waals surface area contributed by atoms with E-state index in [1.807, 2.05) is 48.6 Å². The van der Waals surface area contributed by atoms with E-state index in [1.54, 1.807) is 48.5 Å². The van der Waals surface area contributed by atoms with Gasteiger partial charge in [-0.3, -0.25) is 0 Å². The number of aromatic amines is 2. The first-order chi connectivity index (χ1) is 29.0. The van der Waals surface area contributed by atoms with Crippen LogP contribution in [0.15, 0.2) is 121 Å². The van der Waals surface area contributed by atoms with Crippen LogP contribution < -0.4 is 0 Å². The lowest BCUT2D eigenvalue weighted by atomic mass is 10.0. The molecule has 293 valence electrons. The third kappa shape index (κ3) is 7.43. The van der Waals surface area contributed by atoms with Crippen molar-refractivity contribution in [2.24, 2.45) is 0 Å². The zero-order valence-electron chi connectivity index (χ0n) is 31.8. The standard InChI is InChI=1S/C48H30N4O8.Al/c53-45(54)29-9-1-25(2-10-29)41-33-17-19-35(49-33)42(26-3-11-30(12-4-26)46(55)56)37-21-23-39(51-37)44(28-7-15-32(16-8-28)48(59)60)40-24-22-38(52-40)43(36-20-18-34(41)50-36)27-5-13-31(14-6-27)47(57)58;/h1-24,49,52H,(H,53,54)(H,55,56)(H,57,58)(H,59,60);. The van der Waals surface area contributed by atoms with Crippen molar-refractivity contribution in [3.63, 3.8) is 0 Å². The molecule has 3 aromatic heterocycles. The smallest absolute Gasteiger partial charge is 0.335 e. The van der Waals surface area contributed by atoms with Crippen molar-refractivity contribution in [3.05, 3.63) is 166 Å².